The van der Waals surface area contributed by atoms with E-state index in [9.17, 15) is 27.5 Å². The molecular weight excluding hydrogens is 402 g/mol. The van der Waals surface area contributed by atoms with Gasteiger partial charge in [-0.25, -0.2) is 9.18 Å². The van der Waals surface area contributed by atoms with Crippen LogP contribution in [0.3, 0.4) is 0 Å². The van der Waals surface area contributed by atoms with Gasteiger partial charge in [0, 0.05) is 24.9 Å². The maximum Gasteiger partial charge on any atom is 0.416 e. The molecule has 1 amide bonds. The van der Waals surface area contributed by atoms with Crippen LogP contribution in [0.5, 0.6) is 0 Å². The van der Waals surface area contributed by atoms with Crippen molar-refractivity contribution in [3.05, 3.63) is 71.0 Å². The summed E-state index contributed by atoms with van der Waals surface area (Å²) in [7, 11) is 0. The van der Waals surface area contributed by atoms with Gasteiger partial charge in [0.1, 0.15) is 12.4 Å². The molecule has 2 aromatic rings. The van der Waals surface area contributed by atoms with Gasteiger partial charge >= 0.3 is 12.3 Å². The smallest absolute Gasteiger partial charge is 0.416 e. The van der Waals surface area contributed by atoms with E-state index in [1.54, 1.807) is 4.90 Å². The first-order valence-electron chi connectivity index (χ1n) is 9.75. The minimum absolute atomic E-state index is 0.0324. The lowest BCUT2D eigenvalue weighted by atomic mass is 9.80. The number of halogens is 4. The number of ether oxygens (including phenoxy) is 1. The molecule has 30 heavy (non-hydrogen) atoms. The Kier molecular flexibility index (Phi) is 5.22. The Balaban J connectivity index is 1.51. The van der Waals surface area contributed by atoms with E-state index in [0.29, 0.717) is 18.9 Å². The number of hydrogen-bond acceptors (Lipinski definition) is 3. The summed E-state index contributed by atoms with van der Waals surface area (Å²) in [6.07, 6.45) is -3.95. The largest absolute Gasteiger partial charge is 0.445 e. The number of nitrogens with zero attached hydrogens (tertiary/aromatic N) is 1. The summed E-state index contributed by atoms with van der Waals surface area (Å²) in [5.41, 5.74) is -2.04. The second-order valence-corrected chi connectivity index (χ2v) is 8.00. The van der Waals surface area contributed by atoms with Gasteiger partial charge < -0.3 is 14.7 Å². The molecule has 2 unspecified atom stereocenters. The standard InChI is InChI=1S/C22H21F4NO3/c23-17-9-15(8-16(10-17)22(24,25)26)21(29)11-18-6-7-19(12-21)27(18)20(28)30-13-14-4-2-1-3-5-14/h1-5,8-10,18-19,29H,6-7,11-13H2. The number of carbonyl (C=O) groups is 1. The van der Waals surface area contributed by atoms with E-state index in [0.717, 1.165) is 17.7 Å². The fraction of sp³-hybridized carbons (Fsp3) is 0.409. The van der Waals surface area contributed by atoms with Crippen LogP contribution in [0.15, 0.2) is 48.5 Å². The van der Waals surface area contributed by atoms with Crippen molar-refractivity contribution in [1.29, 1.82) is 0 Å². The van der Waals surface area contributed by atoms with Crippen LogP contribution in [0, 0.1) is 5.82 Å². The highest BCUT2D eigenvalue weighted by Crippen LogP contribution is 2.47. The average Bonchev–Trinajstić information content (AvgIpc) is 2.98. The maximum absolute atomic E-state index is 13.9. The van der Waals surface area contributed by atoms with Crippen LogP contribution in [-0.2, 0) is 23.1 Å². The molecule has 160 valence electrons. The van der Waals surface area contributed by atoms with Gasteiger partial charge in [0.05, 0.1) is 11.2 Å². The van der Waals surface area contributed by atoms with E-state index < -0.39 is 29.3 Å². The number of hydrogen-bond donors (Lipinski definition) is 1. The molecule has 0 aliphatic carbocycles. The fourth-order valence-corrected chi connectivity index (χ4v) is 4.57. The predicted octanol–water partition coefficient (Wildman–Crippen LogP) is 5.00. The first-order valence-corrected chi connectivity index (χ1v) is 9.75. The average molecular weight is 423 g/mol. The number of benzene rings is 2. The Hall–Kier alpha value is -2.61. The minimum Gasteiger partial charge on any atom is -0.445 e. The van der Waals surface area contributed by atoms with Crippen molar-refractivity contribution >= 4 is 6.09 Å². The Morgan fingerprint density at radius 2 is 1.73 bits per heavy atom. The van der Waals surface area contributed by atoms with Gasteiger partial charge in [-0.2, -0.15) is 13.2 Å². The van der Waals surface area contributed by atoms with Crippen LogP contribution in [0.2, 0.25) is 0 Å². The summed E-state index contributed by atoms with van der Waals surface area (Å²) < 4.78 is 58.5. The quantitative estimate of drug-likeness (QED) is 0.708. The van der Waals surface area contributed by atoms with Gasteiger partial charge in [0.25, 0.3) is 0 Å². The van der Waals surface area contributed by atoms with E-state index in [4.69, 9.17) is 4.74 Å². The molecule has 2 fully saturated rings. The molecule has 8 heteroatoms. The van der Waals surface area contributed by atoms with E-state index in [1.165, 1.54) is 0 Å². The first kappa shape index (κ1) is 20.7. The van der Waals surface area contributed by atoms with Crippen LogP contribution >= 0.6 is 0 Å². The van der Waals surface area contributed by atoms with E-state index in [1.807, 2.05) is 30.3 Å². The lowest BCUT2D eigenvalue weighted by Gasteiger charge is -2.43. The molecule has 0 spiro atoms. The van der Waals surface area contributed by atoms with Crippen LogP contribution in [0.1, 0.15) is 42.4 Å². The zero-order valence-corrected chi connectivity index (χ0v) is 16.0. The third kappa shape index (κ3) is 4.01. The summed E-state index contributed by atoms with van der Waals surface area (Å²) >= 11 is 0. The molecule has 2 aliphatic heterocycles. The van der Waals surface area contributed by atoms with Crippen molar-refractivity contribution in [2.45, 2.75) is 56.2 Å². The number of alkyl halides is 3. The molecule has 2 heterocycles. The molecule has 0 radical (unpaired) electrons. The van der Waals surface area contributed by atoms with Crippen LogP contribution in [0.4, 0.5) is 22.4 Å². The zero-order valence-electron chi connectivity index (χ0n) is 16.0. The van der Waals surface area contributed by atoms with Crippen molar-refractivity contribution in [3.8, 4) is 0 Å². The summed E-state index contributed by atoms with van der Waals surface area (Å²) in [5, 5.41) is 11.1. The maximum atomic E-state index is 13.9. The highest BCUT2D eigenvalue weighted by molar-refractivity contribution is 5.69. The SMILES string of the molecule is O=C(OCc1ccccc1)N1C2CCC1CC(O)(c1cc(F)cc(C(F)(F)F)c1)C2. The number of amides is 1. The zero-order chi connectivity index (χ0) is 21.5. The lowest BCUT2D eigenvalue weighted by Crippen LogP contribution is -2.52. The molecule has 2 saturated heterocycles. The van der Waals surface area contributed by atoms with Crippen molar-refractivity contribution in [3.63, 3.8) is 0 Å². The van der Waals surface area contributed by atoms with Crippen LogP contribution < -0.4 is 0 Å². The van der Waals surface area contributed by atoms with Crippen LogP contribution in [0.25, 0.3) is 0 Å². The predicted molar refractivity (Wildman–Crippen MR) is 99.8 cm³/mol. The number of fused-ring (bicyclic) bond motifs is 2. The van der Waals surface area contributed by atoms with Crippen molar-refractivity contribution < 1.29 is 32.2 Å². The Morgan fingerprint density at radius 1 is 1.10 bits per heavy atom. The van der Waals surface area contributed by atoms with Crippen LogP contribution in [-0.4, -0.2) is 28.2 Å². The Labute approximate surface area is 171 Å². The molecular formula is C22H21F4NO3. The van der Waals surface area contributed by atoms with E-state index >= 15 is 0 Å². The third-order valence-electron chi connectivity index (χ3n) is 5.94. The van der Waals surface area contributed by atoms with Gasteiger partial charge in [0.15, 0.2) is 0 Å². The summed E-state index contributed by atoms with van der Waals surface area (Å²) in [6, 6.07) is 10.6. The van der Waals surface area contributed by atoms with Crippen molar-refractivity contribution in [2.24, 2.45) is 0 Å². The molecule has 2 bridgehead atoms. The molecule has 2 atom stereocenters. The molecule has 0 aromatic heterocycles. The molecule has 1 N–H and O–H groups in total. The highest BCUT2D eigenvalue weighted by Gasteiger charge is 2.51. The Bertz CT molecular complexity index is 918. The third-order valence-corrected chi connectivity index (χ3v) is 5.94. The second-order valence-electron chi connectivity index (χ2n) is 8.00. The summed E-state index contributed by atoms with van der Waals surface area (Å²) in [6.45, 7) is 0.110. The second kappa shape index (κ2) is 7.58. The number of carbonyl (C=O) groups excluding carboxylic acids is 1. The molecule has 2 aliphatic rings. The normalized spacial score (nSPS) is 26.0. The first-order chi connectivity index (χ1) is 14.2. The van der Waals surface area contributed by atoms with E-state index in [2.05, 4.69) is 0 Å². The van der Waals surface area contributed by atoms with E-state index in [-0.39, 0.29) is 37.1 Å². The topological polar surface area (TPSA) is 49.8 Å². The lowest BCUT2D eigenvalue weighted by molar-refractivity contribution is -0.138. The summed E-state index contributed by atoms with van der Waals surface area (Å²) in [5.74, 6) is -1.05. The van der Waals surface area contributed by atoms with Gasteiger partial charge in [-0.15, -0.1) is 0 Å². The monoisotopic (exact) mass is 423 g/mol. The van der Waals surface area contributed by atoms with Crippen molar-refractivity contribution in [2.75, 3.05) is 0 Å². The molecule has 4 nitrogen and oxygen atoms in total. The number of aliphatic hydroxyl groups is 1. The van der Waals surface area contributed by atoms with Gasteiger partial charge in [0.2, 0.25) is 0 Å². The number of rotatable bonds is 3. The Morgan fingerprint density at radius 3 is 2.33 bits per heavy atom. The molecule has 0 saturated carbocycles. The van der Waals surface area contributed by atoms with Gasteiger partial charge in [-0.1, -0.05) is 30.3 Å². The van der Waals surface area contributed by atoms with Crippen molar-refractivity contribution in [1.82, 2.24) is 4.90 Å². The highest BCUT2D eigenvalue weighted by atomic mass is 19.4. The van der Waals surface area contributed by atoms with Gasteiger partial charge in [-0.3, -0.25) is 0 Å². The molecule has 4 rings (SSSR count). The molecule has 2 aromatic carbocycles. The fourth-order valence-electron chi connectivity index (χ4n) is 4.57. The number of piperidine rings is 1. The summed E-state index contributed by atoms with van der Waals surface area (Å²) in [4.78, 5) is 14.2. The minimum atomic E-state index is -4.71. The van der Waals surface area contributed by atoms with Gasteiger partial charge in [-0.05, 0) is 42.2 Å².